The standard InChI is InChI=1S/C15H14N4O/c1-19-14(8-9-16-19)18-15(20)17-13-7-6-11-4-2-3-5-12(11)10-13/h2-10H,1H3,(H2,17,18,20). The van der Waals surface area contributed by atoms with Gasteiger partial charge in [0.25, 0.3) is 0 Å². The van der Waals surface area contributed by atoms with E-state index in [0.29, 0.717) is 5.82 Å². The summed E-state index contributed by atoms with van der Waals surface area (Å²) in [5.41, 5.74) is 0.753. The Balaban J connectivity index is 1.75. The van der Waals surface area contributed by atoms with Crippen molar-refractivity contribution in [2.24, 2.45) is 7.05 Å². The van der Waals surface area contributed by atoms with Crippen LogP contribution in [-0.4, -0.2) is 15.8 Å². The number of nitrogens with zero attached hydrogens (tertiary/aromatic N) is 2. The van der Waals surface area contributed by atoms with Crippen molar-refractivity contribution in [1.29, 1.82) is 0 Å². The van der Waals surface area contributed by atoms with Crippen molar-refractivity contribution in [1.82, 2.24) is 9.78 Å². The van der Waals surface area contributed by atoms with Gasteiger partial charge < -0.3 is 5.32 Å². The van der Waals surface area contributed by atoms with E-state index < -0.39 is 0 Å². The van der Waals surface area contributed by atoms with Crippen molar-refractivity contribution >= 4 is 28.3 Å². The van der Waals surface area contributed by atoms with E-state index in [4.69, 9.17) is 0 Å². The molecule has 5 heteroatoms. The maximum Gasteiger partial charge on any atom is 0.324 e. The van der Waals surface area contributed by atoms with Crippen molar-refractivity contribution < 1.29 is 4.79 Å². The van der Waals surface area contributed by atoms with Crippen LogP contribution in [0.25, 0.3) is 10.8 Å². The number of carbonyl (C=O) groups is 1. The van der Waals surface area contributed by atoms with Crippen molar-refractivity contribution in [2.75, 3.05) is 10.6 Å². The number of rotatable bonds is 2. The zero-order valence-corrected chi connectivity index (χ0v) is 11.0. The molecule has 0 bridgehead atoms. The number of benzene rings is 2. The molecule has 1 heterocycles. The molecule has 0 aliphatic rings. The highest BCUT2D eigenvalue weighted by Gasteiger charge is 2.05. The quantitative estimate of drug-likeness (QED) is 0.748. The predicted molar refractivity (Wildman–Crippen MR) is 79.8 cm³/mol. The van der Waals surface area contributed by atoms with Gasteiger partial charge in [-0.15, -0.1) is 0 Å². The predicted octanol–water partition coefficient (Wildman–Crippen LogP) is 3.22. The highest BCUT2D eigenvalue weighted by Crippen LogP contribution is 2.19. The minimum absolute atomic E-state index is 0.288. The smallest absolute Gasteiger partial charge is 0.308 e. The minimum atomic E-state index is -0.288. The van der Waals surface area contributed by atoms with Gasteiger partial charge in [0.1, 0.15) is 5.82 Å². The van der Waals surface area contributed by atoms with E-state index in [9.17, 15) is 4.79 Å². The van der Waals surface area contributed by atoms with Gasteiger partial charge in [-0.1, -0.05) is 30.3 Å². The topological polar surface area (TPSA) is 59.0 Å². The van der Waals surface area contributed by atoms with Crippen LogP contribution in [0.4, 0.5) is 16.3 Å². The molecule has 0 atom stereocenters. The fourth-order valence-electron chi connectivity index (χ4n) is 2.04. The molecule has 0 radical (unpaired) electrons. The van der Waals surface area contributed by atoms with E-state index >= 15 is 0 Å². The molecule has 0 spiro atoms. The number of nitrogens with one attached hydrogen (secondary N) is 2. The van der Waals surface area contributed by atoms with Crippen LogP contribution in [0.3, 0.4) is 0 Å². The number of amides is 2. The summed E-state index contributed by atoms with van der Waals surface area (Å²) >= 11 is 0. The molecular formula is C15H14N4O. The first-order chi connectivity index (χ1) is 9.72. The van der Waals surface area contributed by atoms with Crippen molar-refractivity contribution in [2.45, 2.75) is 0 Å². The summed E-state index contributed by atoms with van der Waals surface area (Å²) in [5.74, 6) is 0.642. The first-order valence-corrected chi connectivity index (χ1v) is 6.27. The van der Waals surface area contributed by atoms with Crippen LogP contribution in [0.5, 0.6) is 0 Å². The van der Waals surface area contributed by atoms with Gasteiger partial charge in [0.2, 0.25) is 0 Å². The van der Waals surface area contributed by atoms with Crippen LogP contribution in [0.1, 0.15) is 0 Å². The number of hydrogen-bond donors (Lipinski definition) is 2. The average molecular weight is 266 g/mol. The van der Waals surface area contributed by atoms with Gasteiger partial charge in [-0.3, -0.25) is 10.00 Å². The van der Waals surface area contributed by atoms with Crippen molar-refractivity contribution in [3.05, 3.63) is 54.7 Å². The van der Waals surface area contributed by atoms with E-state index in [0.717, 1.165) is 16.5 Å². The van der Waals surface area contributed by atoms with Gasteiger partial charge in [0.15, 0.2) is 0 Å². The molecule has 3 aromatic rings. The van der Waals surface area contributed by atoms with Gasteiger partial charge in [-0.2, -0.15) is 5.10 Å². The van der Waals surface area contributed by atoms with Gasteiger partial charge in [0, 0.05) is 18.8 Å². The molecule has 100 valence electrons. The second-order valence-corrected chi connectivity index (χ2v) is 4.48. The monoisotopic (exact) mass is 266 g/mol. The average Bonchev–Trinajstić information content (AvgIpc) is 2.84. The van der Waals surface area contributed by atoms with E-state index in [2.05, 4.69) is 15.7 Å². The molecule has 2 aromatic carbocycles. The van der Waals surface area contributed by atoms with E-state index in [-0.39, 0.29) is 6.03 Å². The lowest BCUT2D eigenvalue weighted by Crippen LogP contribution is -2.20. The lowest BCUT2D eigenvalue weighted by Gasteiger charge is -2.08. The van der Waals surface area contributed by atoms with Crippen molar-refractivity contribution in [3.63, 3.8) is 0 Å². The molecule has 0 unspecified atom stereocenters. The Kier molecular flexibility index (Phi) is 3.09. The summed E-state index contributed by atoms with van der Waals surface area (Å²) in [5, 5.41) is 11.8. The highest BCUT2D eigenvalue weighted by molar-refractivity contribution is 6.00. The van der Waals surface area contributed by atoms with Gasteiger partial charge in [-0.25, -0.2) is 4.79 Å². The number of aryl methyl sites for hydroxylation is 1. The fraction of sp³-hybridized carbons (Fsp3) is 0.0667. The second kappa shape index (κ2) is 5.05. The van der Waals surface area contributed by atoms with Crippen LogP contribution < -0.4 is 10.6 Å². The first kappa shape index (κ1) is 12.2. The van der Waals surface area contributed by atoms with E-state index in [1.807, 2.05) is 42.5 Å². The highest BCUT2D eigenvalue weighted by atomic mass is 16.2. The minimum Gasteiger partial charge on any atom is -0.308 e. The van der Waals surface area contributed by atoms with Crippen LogP contribution in [-0.2, 0) is 7.05 Å². The summed E-state index contributed by atoms with van der Waals surface area (Å²) < 4.78 is 1.60. The van der Waals surface area contributed by atoms with Crippen LogP contribution >= 0.6 is 0 Å². The molecule has 0 saturated carbocycles. The molecule has 20 heavy (non-hydrogen) atoms. The normalized spacial score (nSPS) is 10.4. The fourth-order valence-corrected chi connectivity index (χ4v) is 2.04. The Labute approximate surface area is 116 Å². The summed E-state index contributed by atoms with van der Waals surface area (Å²) in [7, 11) is 1.77. The molecule has 0 fully saturated rings. The Hall–Kier alpha value is -2.82. The Bertz CT molecular complexity index is 763. The Morgan fingerprint density at radius 1 is 1.05 bits per heavy atom. The van der Waals surface area contributed by atoms with Gasteiger partial charge in [-0.05, 0) is 22.9 Å². The third kappa shape index (κ3) is 2.47. The number of carbonyl (C=O) groups excluding carboxylic acids is 1. The number of anilines is 2. The molecule has 2 N–H and O–H groups in total. The van der Waals surface area contributed by atoms with Crippen molar-refractivity contribution in [3.8, 4) is 0 Å². The summed E-state index contributed by atoms with van der Waals surface area (Å²) in [6.45, 7) is 0. The molecule has 0 aliphatic heterocycles. The molecule has 3 rings (SSSR count). The summed E-state index contributed by atoms with van der Waals surface area (Å²) in [6.07, 6.45) is 1.63. The van der Waals surface area contributed by atoms with E-state index in [1.165, 1.54) is 0 Å². The zero-order valence-electron chi connectivity index (χ0n) is 11.0. The molecule has 1 aromatic heterocycles. The zero-order chi connectivity index (χ0) is 13.9. The van der Waals surface area contributed by atoms with Crippen LogP contribution in [0, 0.1) is 0 Å². The molecule has 0 saturated heterocycles. The SMILES string of the molecule is Cn1nccc1NC(=O)Nc1ccc2ccccc2c1. The number of aromatic nitrogens is 2. The third-order valence-corrected chi connectivity index (χ3v) is 3.07. The second-order valence-electron chi connectivity index (χ2n) is 4.48. The number of hydrogen-bond acceptors (Lipinski definition) is 2. The number of fused-ring (bicyclic) bond motifs is 1. The lowest BCUT2D eigenvalue weighted by atomic mass is 10.1. The van der Waals surface area contributed by atoms with Gasteiger partial charge in [0.05, 0.1) is 6.20 Å². The molecular weight excluding hydrogens is 252 g/mol. The largest absolute Gasteiger partial charge is 0.324 e. The third-order valence-electron chi connectivity index (χ3n) is 3.07. The summed E-state index contributed by atoms with van der Waals surface area (Å²) in [6, 6.07) is 15.3. The molecule has 2 amide bonds. The Morgan fingerprint density at radius 3 is 2.60 bits per heavy atom. The van der Waals surface area contributed by atoms with Gasteiger partial charge >= 0.3 is 6.03 Å². The lowest BCUT2D eigenvalue weighted by molar-refractivity contribution is 0.262. The molecule has 0 aliphatic carbocycles. The van der Waals surface area contributed by atoms with Crippen LogP contribution in [0.2, 0.25) is 0 Å². The summed E-state index contributed by atoms with van der Waals surface area (Å²) in [4.78, 5) is 11.9. The first-order valence-electron chi connectivity index (χ1n) is 6.27. The Morgan fingerprint density at radius 2 is 1.85 bits per heavy atom. The molecule has 5 nitrogen and oxygen atoms in total. The maximum absolute atomic E-state index is 11.9. The van der Waals surface area contributed by atoms with Crippen LogP contribution in [0.15, 0.2) is 54.7 Å². The maximum atomic E-state index is 11.9. The van der Waals surface area contributed by atoms with E-state index in [1.54, 1.807) is 24.0 Å². The number of urea groups is 1.